The molecule has 1 aromatic carbocycles. The molecule has 3 rings (SSSR count). The molecule has 110 valence electrons. The maximum atomic E-state index is 12.2. The molecule has 1 aliphatic rings. The van der Waals surface area contributed by atoms with Gasteiger partial charge < -0.3 is 20.1 Å². The summed E-state index contributed by atoms with van der Waals surface area (Å²) in [6.45, 7) is 0.604. The Bertz CT molecular complexity index is 687. The molecule has 7 nitrogen and oxygen atoms in total. The lowest BCUT2D eigenvalue weighted by Crippen LogP contribution is -2.53. The maximum Gasteiger partial charge on any atom is 0.328 e. The van der Waals surface area contributed by atoms with Crippen LogP contribution in [0.15, 0.2) is 23.7 Å². The highest BCUT2D eigenvalue weighted by molar-refractivity contribution is 7.16. The first-order valence-corrected chi connectivity index (χ1v) is 7.24. The number of anilines is 1. The van der Waals surface area contributed by atoms with Crippen molar-refractivity contribution in [1.82, 2.24) is 9.88 Å². The molecule has 2 heterocycles. The van der Waals surface area contributed by atoms with Crippen molar-refractivity contribution in [2.75, 3.05) is 25.1 Å². The molecule has 1 fully saturated rings. The lowest BCUT2D eigenvalue weighted by Gasteiger charge is -2.32. The second kappa shape index (κ2) is 5.66. The molecule has 2 aromatic rings. The number of carboxylic acid groups (broad SMARTS) is 1. The summed E-state index contributed by atoms with van der Waals surface area (Å²) in [5.41, 5.74) is 3.22. The Kier molecular flexibility index (Phi) is 3.72. The lowest BCUT2D eigenvalue weighted by atomic mass is 10.2. The molecule has 0 bridgehead atoms. The quantitative estimate of drug-likeness (QED) is 0.879. The second-order valence-electron chi connectivity index (χ2n) is 4.59. The molecule has 1 saturated heterocycles. The van der Waals surface area contributed by atoms with Gasteiger partial charge in [-0.15, -0.1) is 11.3 Å². The average molecular weight is 307 g/mol. The van der Waals surface area contributed by atoms with Gasteiger partial charge in [0, 0.05) is 12.2 Å². The summed E-state index contributed by atoms with van der Waals surface area (Å²) in [4.78, 5) is 28.8. The van der Waals surface area contributed by atoms with Crippen molar-refractivity contribution in [1.29, 1.82) is 0 Å². The normalized spacial score (nSPS) is 18.7. The second-order valence-corrected chi connectivity index (χ2v) is 5.47. The lowest BCUT2D eigenvalue weighted by molar-refractivity contribution is -0.147. The number of hydrogen-bond donors (Lipinski definition) is 2. The molecule has 1 atom stereocenters. The first-order valence-electron chi connectivity index (χ1n) is 6.36. The van der Waals surface area contributed by atoms with Crippen LogP contribution < -0.4 is 5.32 Å². The van der Waals surface area contributed by atoms with E-state index in [4.69, 9.17) is 9.84 Å². The monoisotopic (exact) mass is 307 g/mol. The number of hydrogen-bond acceptors (Lipinski definition) is 5. The minimum atomic E-state index is -1.07. The number of thiazole rings is 1. The number of rotatable bonds is 2. The van der Waals surface area contributed by atoms with Crippen LogP contribution in [0, 0.1) is 0 Å². The fourth-order valence-electron chi connectivity index (χ4n) is 2.18. The van der Waals surface area contributed by atoms with Crippen molar-refractivity contribution in [2.45, 2.75) is 6.04 Å². The molecular formula is C13H13N3O4S. The number of aliphatic carboxylic acids is 1. The number of nitrogens with zero attached hydrogens (tertiary/aromatic N) is 2. The number of morpholine rings is 1. The number of carboxylic acids is 1. The van der Waals surface area contributed by atoms with Crippen LogP contribution in [-0.4, -0.2) is 52.8 Å². The van der Waals surface area contributed by atoms with E-state index in [2.05, 4.69) is 10.3 Å². The van der Waals surface area contributed by atoms with E-state index in [1.807, 2.05) is 12.1 Å². The fourth-order valence-corrected chi connectivity index (χ4v) is 2.90. The number of aromatic nitrogens is 1. The predicted molar refractivity (Wildman–Crippen MR) is 77.6 cm³/mol. The summed E-state index contributed by atoms with van der Waals surface area (Å²) in [5.74, 6) is -1.07. The smallest absolute Gasteiger partial charge is 0.328 e. The Hall–Kier alpha value is -2.19. The first kappa shape index (κ1) is 13.8. The van der Waals surface area contributed by atoms with Gasteiger partial charge in [-0.2, -0.15) is 0 Å². The predicted octanol–water partition coefficient (Wildman–Crippen LogP) is 1.61. The van der Waals surface area contributed by atoms with Gasteiger partial charge in [0.2, 0.25) is 0 Å². The van der Waals surface area contributed by atoms with E-state index in [1.54, 1.807) is 11.6 Å². The molecule has 0 spiro atoms. The Labute approximate surface area is 124 Å². The molecule has 1 aromatic heterocycles. The summed E-state index contributed by atoms with van der Waals surface area (Å²) in [6.07, 6.45) is 0. The number of carbonyl (C=O) groups is 2. The van der Waals surface area contributed by atoms with Crippen LogP contribution in [-0.2, 0) is 9.53 Å². The Morgan fingerprint density at radius 1 is 1.48 bits per heavy atom. The van der Waals surface area contributed by atoms with Gasteiger partial charge in [-0.3, -0.25) is 0 Å². The third-order valence-corrected chi connectivity index (χ3v) is 4.05. The van der Waals surface area contributed by atoms with Crippen molar-refractivity contribution < 1.29 is 19.4 Å². The van der Waals surface area contributed by atoms with E-state index in [0.717, 1.165) is 10.2 Å². The van der Waals surface area contributed by atoms with Crippen LogP contribution in [0.1, 0.15) is 0 Å². The van der Waals surface area contributed by atoms with E-state index in [0.29, 0.717) is 12.3 Å². The minimum absolute atomic E-state index is 0.0105. The van der Waals surface area contributed by atoms with E-state index >= 15 is 0 Å². The molecule has 0 aliphatic carbocycles. The fraction of sp³-hybridized carbons (Fsp3) is 0.308. The molecule has 1 unspecified atom stereocenters. The summed E-state index contributed by atoms with van der Waals surface area (Å²) in [5, 5.41) is 11.9. The molecule has 2 N–H and O–H groups in total. The number of fused-ring (bicyclic) bond motifs is 1. The Balaban J connectivity index is 1.76. The van der Waals surface area contributed by atoms with Gasteiger partial charge in [0.1, 0.15) is 0 Å². The molecule has 0 saturated carbocycles. The van der Waals surface area contributed by atoms with Gasteiger partial charge >= 0.3 is 12.0 Å². The van der Waals surface area contributed by atoms with E-state index in [1.165, 1.54) is 16.2 Å². The summed E-state index contributed by atoms with van der Waals surface area (Å²) < 4.78 is 6.07. The van der Waals surface area contributed by atoms with Crippen LogP contribution in [0.3, 0.4) is 0 Å². The zero-order chi connectivity index (χ0) is 14.8. The van der Waals surface area contributed by atoms with Crippen molar-refractivity contribution >= 4 is 39.2 Å². The van der Waals surface area contributed by atoms with E-state index < -0.39 is 18.0 Å². The third kappa shape index (κ3) is 2.81. The van der Waals surface area contributed by atoms with Crippen LogP contribution >= 0.6 is 11.3 Å². The van der Waals surface area contributed by atoms with Gasteiger partial charge in [0.15, 0.2) is 6.04 Å². The van der Waals surface area contributed by atoms with Gasteiger partial charge in [-0.1, -0.05) is 0 Å². The van der Waals surface area contributed by atoms with Crippen LogP contribution in [0.2, 0.25) is 0 Å². The highest BCUT2D eigenvalue weighted by Gasteiger charge is 2.32. The van der Waals surface area contributed by atoms with Gasteiger partial charge in [-0.25, -0.2) is 14.6 Å². The number of amides is 2. The third-order valence-electron chi connectivity index (χ3n) is 3.26. The number of nitrogens with one attached hydrogen (secondary N) is 1. The number of benzene rings is 1. The number of ether oxygens (including phenoxy) is 1. The molecule has 8 heteroatoms. The average Bonchev–Trinajstić information content (AvgIpc) is 2.94. The SMILES string of the molecule is O=C(O)C1COCCN1C(=O)Nc1ccc2ncsc2c1. The van der Waals surface area contributed by atoms with Crippen molar-refractivity contribution in [3.63, 3.8) is 0 Å². The molecule has 21 heavy (non-hydrogen) atoms. The van der Waals surface area contributed by atoms with E-state index in [9.17, 15) is 9.59 Å². The Morgan fingerprint density at radius 2 is 2.33 bits per heavy atom. The van der Waals surface area contributed by atoms with Gasteiger partial charge in [-0.05, 0) is 18.2 Å². The van der Waals surface area contributed by atoms with Crippen LogP contribution in [0.25, 0.3) is 10.2 Å². The molecule has 0 radical (unpaired) electrons. The maximum absolute atomic E-state index is 12.2. The Morgan fingerprint density at radius 3 is 3.14 bits per heavy atom. The highest BCUT2D eigenvalue weighted by Crippen LogP contribution is 2.22. The highest BCUT2D eigenvalue weighted by atomic mass is 32.1. The summed E-state index contributed by atoms with van der Waals surface area (Å²) in [6, 6.07) is 3.99. The topological polar surface area (TPSA) is 91.8 Å². The van der Waals surface area contributed by atoms with Crippen molar-refractivity contribution in [3.8, 4) is 0 Å². The zero-order valence-corrected chi connectivity index (χ0v) is 11.8. The molecular weight excluding hydrogens is 294 g/mol. The van der Waals surface area contributed by atoms with Crippen LogP contribution in [0.5, 0.6) is 0 Å². The van der Waals surface area contributed by atoms with Gasteiger partial charge in [0.25, 0.3) is 0 Å². The standard InChI is InChI=1S/C13H13N3O4S/c17-12(18)10-6-20-4-3-16(10)13(19)15-8-1-2-9-11(5-8)21-7-14-9/h1-2,5,7,10H,3-4,6H2,(H,15,19)(H,17,18). The molecule has 2 amide bonds. The minimum Gasteiger partial charge on any atom is -0.480 e. The van der Waals surface area contributed by atoms with Gasteiger partial charge in [0.05, 0.1) is 28.9 Å². The first-order chi connectivity index (χ1) is 10.1. The van der Waals surface area contributed by atoms with Crippen LogP contribution in [0.4, 0.5) is 10.5 Å². The number of urea groups is 1. The molecule has 1 aliphatic heterocycles. The largest absolute Gasteiger partial charge is 0.480 e. The van der Waals surface area contributed by atoms with Crippen molar-refractivity contribution in [2.24, 2.45) is 0 Å². The number of carbonyl (C=O) groups excluding carboxylic acids is 1. The zero-order valence-electron chi connectivity index (χ0n) is 11.0. The van der Waals surface area contributed by atoms with Crippen molar-refractivity contribution in [3.05, 3.63) is 23.7 Å². The summed E-state index contributed by atoms with van der Waals surface area (Å²) in [7, 11) is 0. The van der Waals surface area contributed by atoms with E-state index in [-0.39, 0.29) is 13.2 Å². The summed E-state index contributed by atoms with van der Waals surface area (Å²) >= 11 is 1.48.